The molecule has 2 amide bonds. The number of hydrogen-bond acceptors (Lipinski definition) is 5. The van der Waals surface area contributed by atoms with E-state index < -0.39 is 0 Å². The Morgan fingerprint density at radius 2 is 1.83 bits per heavy atom. The van der Waals surface area contributed by atoms with Crippen LogP contribution in [0.1, 0.15) is 17.0 Å². The van der Waals surface area contributed by atoms with Crippen LogP contribution in [0.15, 0.2) is 66.3 Å². The molecule has 0 aliphatic rings. The molecule has 0 radical (unpaired) electrons. The number of thiazole rings is 1. The average molecular weight is 407 g/mol. The predicted octanol–water partition coefficient (Wildman–Crippen LogP) is 3.08. The van der Waals surface area contributed by atoms with E-state index in [0.717, 1.165) is 34.7 Å². The van der Waals surface area contributed by atoms with Crippen molar-refractivity contribution in [2.45, 2.75) is 12.8 Å². The number of aromatic nitrogens is 2. The third kappa shape index (κ3) is 6.97. The van der Waals surface area contributed by atoms with Gasteiger partial charge in [0.2, 0.25) is 11.8 Å². The number of nitrogens with zero attached hydrogens (tertiary/aromatic N) is 2. The molecular weight excluding hydrogens is 384 g/mol. The molecule has 0 aliphatic carbocycles. The van der Waals surface area contributed by atoms with Crippen molar-refractivity contribution in [1.82, 2.24) is 20.6 Å². The third-order valence-electron chi connectivity index (χ3n) is 4.07. The smallest absolute Gasteiger partial charge is 0.244 e. The molecule has 29 heavy (non-hydrogen) atoms. The lowest BCUT2D eigenvalue weighted by molar-refractivity contribution is -0.123. The van der Waals surface area contributed by atoms with E-state index in [1.807, 2.05) is 47.8 Å². The standard InChI is InChI=1S/C22H22N4O2S/c27-20(9-8-17-5-2-1-3-6-17)25-15-21(28)24-12-4-7-22-26-19(16-29-22)18-10-13-23-14-11-18/h1-3,5-6,8-11,13-14,16H,4,7,12,15H2,(H,24,28)(H,25,27)/b9-8+. The van der Waals surface area contributed by atoms with Gasteiger partial charge in [-0.3, -0.25) is 14.6 Å². The van der Waals surface area contributed by atoms with Crippen LogP contribution in [0.5, 0.6) is 0 Å². The first-order valence-corrected chi connectivity index (χ1v) is 10.2. The summed E-state index contributed by atoms with van der Waals surface area (Å²) in [5, 5.41) is 8.45. The van der Waals surface area contributed by atoms with Crippen molar-refractivity contribution in [2.75, 3.05) is 13.1 Å². The lowest BCUT2D eigenvalue weighted by Crippen LogP contribution is -2.36. The van der Waals surface area contributed by atoms with Crippen molar-refractivity contribution < 1.29 is 9.59 Å². The summed E-state index contributed by atoms with van der Waals surface area (Å²) in [6, 6.07) is 13.4. The average Bonchev–Trinajstić information content (AvgIpc) is 3.24. The third-order valence-corrected chi connectivity index (χ3v) is 4.98. The number of amides is 2. The van der Waals surface area contributed by atoms with E-state index in [1.54, 1.807) is 29.8 Å². The highest BCUT2D eigenvalue weighted by Gasteiger charge is 2.06. The van der Waals surface area contributed by atoms with Gasteiger partial charge in [-0.1, -0.05) is 30.3 Å². The van der Waals surface area contributed by atoms with E-state index in [-0.39, 0.29) is 18.4 Å². The fourth-order valence-corrected chi connectivity index (χ4v) is 3.42. The summed E-state index contributed by atoms with van der Waals surface area (Å²) >= 11 is 1.61. The molecule has 0 saturated carbocycles. The fourth-order valence-electron chi connectivity index (χ4n) is 2.57. The molecule has 0 unspecified atom stereocenters. The van der Waals surface area contributed by atoms with Gasteiger partial charge in [0, 0.05) is 42.4 Å². The minimum atomic E-state index is -0.296. The van der Waals surface area contributed by atoms with E-state index in [0.29, 0.717) is 6.54 Å². The van der Waals surface area contributed by atoms with Gasteiger partial charge in [0.15, 0.2) is 0 Å². The first-order valence-electron chi connectivity index (χ1n) is 9.33. The van der Waals surface area contributed by atoms with Crippen LogP contribution in [0, 0.1) is 0 Å². The molecule has 0 aliphatic heterocycles. The molecule has 0 bridgehead atoms. The van der Waals surface area contributed by atoms with Crippen LogP contribution in [-0.4, -0.2) is 34.9 Å². The van der Waals surface area contributed by atoms with Gasteiger partial charge in [-0.15, -0.1) is 11.3 Å². The topological polar surface area (TPSA) is 84.0 Å². The normalized spacial score (nSPS) is 10.8. The summed E-state index contributed by atoms with van der Waals surface area (Å²) in [5.41, 5.74) is 2.93. The van der Waals surface area contributed by atoms with Gasteiger partial charge in [0.1, 0.15) is 0 Å². The second kappa shape index (κ2) is 10.9. The number of pyridine rings is 1. The molecule has 0 saturated heterocycles. The van der Waals surface area contributed by atoms with E-state index in [9.17, 15) is 9.59 Å². The Morgan fingerprint density at radius 3 is 2.62 bits per heavy atom. The summed E-state index contributed by atoms with van der Waals surface area (Å²) in [6.07, 6.45) is 8.21. The minimum Gasteiger partial charge on any atom is -0.355 e. The van der Waals surface area contributed by atoms with Crippen LogP contribution in [0.25, 0.3) is 17.3 Å². The van der Waals surface area contributed by atoms with Crippen LogP contribution < -0.4 is 10.6 Å². The van der Waals surface area contributed by atoms with Crippen molar-refractivity contribution in [3.05, 3.63) is 76.9 Å². The summed E-state index contributed by atoms with van der Waals surface area (Å²) in [4.78, 5) is 32.2. The SMILES string of the molecule is O=C(/C=C/c1ccccc1)NCC(=O)NCCCc1nc(-c2ccncc2)cs1. The molecular formula is C22H22N4O2S. The molecule has 6 nitrogen and oxygen atoms in total. The van der Waals surface area contributed by atoms with Gasteiger partial charge in [0.05, 0.1) is 17.2 Å². The number of carbonyl (C=O) groups excluding carboxylic acids is 2. The summed E-state index contributed by atoms with van der Waals surface area (Å²) in [6.45, 7) is 0.500. The molecule has 0 fully saturated rings. The Bertz CT molecular complexity index is 955. The molecule has 2 heterocycles. The van der Waals surface area contributed by atoms with Gasteiger partial charge in [-0.25, -0.2) is 4.98 Å². The minimum absolute atomic E-state index is 0.0403. The van der Waals surface area contributed by atoms with Crippen LogP contribution in [0.4, 0.5) is 0 Å². The monoisotopic (exact) mass is 406 g/mol. The number of benzene rings is 1. The fraction of sp³-hybridized carbons (Fsp3) is 0.182. The Labute approximate surface area is 173 Å². The first kappa shape index (κ1) is 20.4. The van der Waals surface area contributed by atoms with Gasteiger partial charge in [0.25, 0.3) is 0 Å². The molecule has 2 N–H and O–H groups in total. The van der Waals surface area contributed by atoms with E-state index >= 15 is 0 Å². The van der Waals surface area contributed by atoms with E-state index in [2.05, 4.69) is 20.6 Å². The quantitative estimate of drug-likeness (QED) is 0.423. The molecule has 0 atom stereocenters. The highest BCUT2D eigenvalue weighted by molar-refractivity contribution is 7.09. The zero-order valence-electron chi connectivity index (χ0n) is 15.9. The maximum atomic E-state index is 11.9. The maximum absolute atomic E-state index is 11.9. The zero-order valence-corrected chi connectivity index (χ0v) is 16.7. The summed E-state index contributed by atoms with van der Waals surface area (Å²) in [5.74, 6) is -0.501. The number of nitrogens with one attached hydrogen (secondary N) is 2. The highest BCUT2D eigenvalue weighted by Crippen LogP contribution is 2.21. The largest absolute Gasteiger partial charge is 0.355 e. The van der Waals surface area contributed by atoms with Crippen molar-refractivity contribution in [1.29, 1.82) is 0 Å². The van der Waals surface area contributed by atoms with Crippen LogP contribution in [0.2, 0.25) is 0 Å². The Balaban J connectivity index is 1.32. The second-order valence-electron chi connectivity index (χ2n) is 6.28. The van der Waals surface area contributed by atoms with Crippen LogP contribution in [-0.2, 0) is 16.0 Å². The molecule has 148 valence electrons. The lowest BCUT2D eigenvalue weighted by Gasteiger charge is -2.05. The number of rotatable bonds is 9. The Kier molecular flexibility index (Phi) is 7.65. The van der Waals surface area contributed by atoms with Gasteiger partial charge >= 0.3 is 0 Å². The van der Waals surface area contributed by atoms with Crippen LogP contribution in [0.3, 0.4) is 0 Å². The molecule has 3 aromatic rings. The highest BCUT2D eigenvalue weighted by atomic mass is 32.1. The summed E-state index contributed by atoms with van der Waals surface area (Å²) in [7, 11) is 0. The first-order chi connectivity index (χ1) is 14.2. The van der Waals surface area contributed by atoms with Crippen molar-refractivity contribution >= 4 is 29.2 Å². The predicted molar refractivity (Wildman–Crippen MR) is 115 cm³/mol. The Morgan fingerprint density at radius 1 is 1.03 bits per heavy atom. The number of hydrogen-bond donors (Lipinski definition) is 2. The van der Waals surface area contributed by atoms with Crippen LogP contribution >= 0.6 is 11.3 Å². The number of aryl methyl sites for hydroxylation is 1. The van der Waals surface area contributed by atoms with Gasteiger partial charge in [-0.05, 0) is 30.2 Å². The van der Waals surface area contributed by atoms with Crippen molar-refractivity contribution in [3.8, 4) is 11.3 Å². The lowest BCUT2D eigenvalue weighted by atomic mass is 10.2. The maximum Gasteiger partial charge on any atom is 0.244 e. The number of carbonyl (C=O) groups is 2. The van der Waals surface area contributed by atoms with Crippen molar-refractivity contribution in [2.24, 2.45) is 0 Å². The molecule has 2 aromatic heterocycles. The molecule has 1 aromatic carbocycles. The molecule has 3 rings (SSSR count). The second-order valence-corrected chi connectivity index (χ2v) is 7.22. The Hall–Kier alpha value is -3.32. The van der Waals surface area contributed by atoms with E-state index in [4.69, 9.17) is 0 Å². The summed E-state index contributed by atoms with van der Waals surface area (Å²) < 4.78 is 0. The molecule has 7 heteroatoms. The van der Waals surface area contributed by atoms with Gasteiger partial charge < -0.3 is 10.6 Å². The van der Waals surface area contributed by atoms with Crippen molar-refractivity contribution in [3.63, 3.8) is 0 Å². The van der Waals surface area contributed by atoms with Gasteiger partial charge in [-0.2, -0.15) is 0 Å². The molecule has 0 spiro atoms. The zero-order chi connectivity index (χ0) is 20.3. The van der Waals surface area contributed by atoms with E-state index in [1.165, 1.54) is 6.08 Å².